The van der Waals surface area contributed by atoms with Gasteiger partial charge in [0.05, 0.1) is 0 Å². The SMILES string of the molecule is Cc1ccc(OCC(=O)N2CCN(c3c(F)c(F)c(F)c(F)c3F)CC2)cc1C. The van der Waals surface area contributed by atoms with Crippen molar-refractivity contribution in [3.63, 3.8) is 0 Å². The molecule has 1 saturated heterocycles. The van der Waals surface area contributed by atoms with Gasteiger partial charge in [-0.05, 0) is 37.1 Å². The third-order valence-corrected chi connectivity index (χ3v) is 4.98. The van der Waals surface area contributed by atoms with Gasteiger partial charge >= 0.3 is 0 Å². The van der Waals surface area contributed by atoms with Crippen LogP contribution in [0.15, 0.2) is 18.2 Å². The molecule has 0 radical (unpaired) electrons. The topological polar surface area (TPSA) is 32.8 Å². The highest BCUT2D eigenvalue weighted by Crippen LogP contribution is 2.30. The maximum Gasteiger partial charge on any atom is 0.260 e. The predicted octanol–water partition coefficient (Wildman–Crippen LogP) is 3.73. The molecule has 2 aromatic carbocycles. The third kappa shape index (κ3) is 4.13. The number of hydrogen-bond acceptors (Lipinski definition) is 3. The molecule has 0 unspecified atom stereocenters. The summed E-state index contributed by atoms with van der Waals surface area (Å²) in [4.78, 5) is 14.8. The lowest BCUT2D eigenvalue weighted by atomic mass is 10.1. The van der Waals surface area contributed by atoms with Crippen molar-refractivity contribution < 1.29 is 31.5 Å². The number of rotatable bonds is 4. The summed E-state index contributed by atoms with van der Waals surface area (Å²) in [5.41, 5.74) is 1.14. The smallest absolute Gasteiger partial charge is 0.260 e. The van der Waals surface area contributed by atoms with Crippen LogP contribution in [-0.2, 0) is 4.79 Å². The van der Waals surface area contributed by atoms with Gasteiger partial charge in [0.15, 0.2) is 29.9 Å². The van der Waals surface area contributed by atoms with E-state index in [2.05, 4.69) is 0 Å². The standard InChI is InChI=1S/C20H19F5N2O2/c1-11-3-4-13(9-12(11)2)29-10-14(28)26-5-7-27(8-6-26)20-18(24)16(22)15(21)17(23)19(20)25/h3-4,9H,5-8,10H2,1-2H3. The van der Waals surface area contributed by atoms with Crippen molar-refractivity contribution in [2.45, 2.75) is 13.8 Å². The van der Waals surface area contributed by atoms with Gasteiger partial charge in [0.25, 0.3) is 5.91 Å². The van der Waals surface area contributed by atoms with E-state index < -0.39 is 34.8 Å². The largest absolute Gasteiger partial charge is 0.484 e. The summed E-state index contributed by atoms with van der Waals surface area (Å²) in [5, 5.41) is 0. The molecule has 1 aliphatic heterocycles. The first-order valence-electron chi connectivity index (χ1n) is 8.95. The Hall–Kier alpha value is -2.84. The second kappa shape index (κ2) is 8.26. The second-order valence-electron chi connectivity index (χ2n) is 6.82. The lowest BCUT2D eigenvalue weighted by Crippen LogP contribution is -2.50. The Morgan fingerprint density at radius 3 is 1.97 bits per heavy atom. The molecule has 0 spiro atoms. The highest BCUT2D eigenvalue weighted by atomic mass is 19.2. The molecule has 0 bridgehead atoms. The van der Waals surface area contributed by atoms with Gasteiger partial charge in [0, 0.05) is 26.2 Å². The van der Waals surface area contributed by atoms with Crippen LogP contribution in [0.25, 0.3) is 0 Å². The fourth-order valence-electron chi connectivity index (χ4n) is 3.09. The first-order chi connectivity index (χ1) is 13.7. The minimum Gasteiger partial charge on any atom is -0.484 e. The molecule has 156 valence electrons. The van der Waals surface area contributed by atoms with Crippen LogP contribution in [0.1, 0.15) is 11.1 Å². The molecule has 1 aliphatic rings. The minimum atomic E-state index is -2.19. The maximum absolute atomic E-state index is 13.9. The van der Waals surface area contributed by atoms with Crippen LogP contribution in [0.3, 0.4) is 0 Å². The lowest BCUT2D eigenvalue weighted by Gasteiger charge is -2.36. The molecule has 29 heavy (non-hydrogen) atoms. The first kappa shape index (κ1) is 20.9. The van der Waals surface area contributed by atoms with E-state index in [1.54, 1.807) is 6.07 Å². The summed E-state index contributed by atoms with van der Waals surface area (Å²) in [5.74, 6) is -9.71. The van der Waals surface area contributed by atoms with Crippen molar-refractivity contribution in [1.82, 2.24) is 4.90 Å². The molecule has 1 heterocycles. The number of aryl methyl sites for hydroxylation is 2. The van der Waals surface area contributed by atoms with Crippen molar-refractivity contribution in [3.05, 3.63) is 58.4 Å². The quantitative estimate of drug-likeness (QED) is 0.434. The highest BCUT2D eigenvalue weighted by molar-refractivity contribution is 5.78. The van der Waals surface area contributed by atoms with Crippen molar-refractivity contribution >= 4 is 11.6 Å². The Morgan fingerprint density at radius 2 is 1.41 bits per heavy atom. The van der Waals surface area contributed by atoms with Crippen molar-refractivity contribution in [2.24, 2.45) is 0 Å². The lowest BCUT2D eigenvalue weighted by molar-refractivity contribution is -0.133. The number of benzene rings is 2. The van der Waals surface area contributed by atoms with Crippen molar-refractivity contribution in [2.75, 3.05) is 37.7 Å². The molecule has 2 aromatic rings. The maximum atomic E-state index is 13.9. The van der Waals surface area contributed by atoms with E-state index >= 15 is 0 Å². The van der Waals surface area contributed by atoms with Crippen LogP contribution in [0.4, 0.5) is 27.6 Å². The molecule has 4 nitrogen and oxygen atoms in total. The van der Waals surface area contributed by atoms with E-state index in [-0.39, 0.29) is 38.7 Å². The van der Waals surface area contributed by atoms with Crippen LogP contribution in [0.5, 0.6) is 5.75 Å². The van der Waals surface area contributed by atoms with E-state index in [0.717, 1.165) is 16.0 Å². The van der Waals surface area contributed by atoms with Crippen LogP contribution in [0.2, 0.25) is 0 Å². The Morgan fingerprint density at radius 1 is 0.862 bits per heavy atom. The second-order valence-corrected chi connectivity index (χ2v) is 6.82. The summed E-state index contributed by atoms with van der Waals surface area (Å²) in [6.45, 7) is 3.63. The molecular weight excluding hydrogens is 395 g/mol. The van der Waals surface area contributed by atoms with Gasteiger partial charge in [-0.15, -0.1) is 0 Å². The number of halogens is 5. The van der Waals surface area contributed by atoms with E-state index in [4.69, 9.17) is 4.74 Å². The summed E-state index contributed by atoms with van der Waals surface area (Å²) in [6, 6.07) is 5.43. The van der Waals surface area contributed by atoms with Gasteiger partial charge in [-0.1, -0.05) is 6.07 Å². The molecule has 3 rings (SSSR count). The molecule has 1 fully saturated rings. The molecule has 0 aliphatic carbocycles. The molecule has 1 amide bonds. The van der Waals surface area contributed by atoms with Crippen molar-refractivity contribution in [3.8, 4) is 5.75 Å². The van der Waals surface area contributed by atoms with Gasteiger partial charge in [0.1, 0.15) is 11.4 Å². The monoisotopic (exact) mass is 414 g/mol. The zero-order valence-electron chi connectivity index (χ0n) is 15.9. The van der Waals surface area contributed by atoms with E-state index in [1.165, 1.54) is 4.90 Å². The fraction of sp³-hybridized carbons (Fsp3) is 0.350. The zero-order chi connectivity index (χ0) is 21.3. The van der Waals surface area contributed by atoms with Gasteiger partial charge in [-0.25, -0.2) is 22.0 Å². The number of ether oxygens (including phenoxy) is 1. The number of piperazine rings is 1. The zero-order valence-corrected chi connectivity index (χ0v) is 15.9. The number of carbonyl (C=O) groups excluding carboxylic acids is 1. The summed E-state index contributed by atoms with van der Waals surface area (Å²) in [6.07, 6.45) is 0. The van der Waals surface area contributed by atoms with Gasteiger partial charge in [0.2, 0.25) is 5.82 Å². The van der Waals surface area contributed by atoms with Crippen molar-refractivity contribution in [1.29, 1.82) is 0 Å². The minimum absolute atomic E-state index is 0.0641. The predicted molar refractivity (Wildman–Crippen MR) is 96.4 cm³/mol. The number of amides is 1. The Labute approximate surface area is 164 Å². The van der Waals surface area contributed by atoms with Gasteiger partial charge in [-0.3, -0.25) is 4.79 Å². The molecule has 0 aromatic heterocycles. The highest BCUT2D eigenvalue weighted by Gasteiger charge is 2.31. The number of carbonyl (C=O) groups is 1. The number of nitrogens with zero attached hydrogens (tertiary/aromatic N) is 2. The summed E-state index contributed by atoms with van der Waals surface area (Å²) in [7, 11) is 0. The van der Waals surface area contributed by atoms with E-state index in [9.17, 15) is 26.7 Å². The summed E-state index contributed by atoms with van der Waals surface area (Å²) < 4.78 is 73.4. The van der Waals surface area contributed by atoms with Crippen LogP contribution in [0, 0.1) is 42.9 Å². The normalized spacial score (nSPS) is 14.3. The van der Waals surface area contributed by atoms with E-state index in [0.29, 0.717) is 5.75 Å². The summed E-state index contributed by atoms with van der Waals surface area (Å²) >= 11 is 0. The molecule has 9 heteroatoms. The average Bonchev–Trinajstić information content (AvgIpc) is 2.72. The Bertz CT molecular complexity index is 914. The molecular formula is C20H19F5N2O2. The molecule has 0 saturated carbocycles. The fourth-order valence-corrected chi connectivity index (χ4v) is 3.09. The van der Waals surface area contributed by atoms with Crippen LogP contribution in [-0.4, -0.2) is 43.6 Å². The van der Waals surface area contributed by atoms with Gasteiger partial charge < -0.3 is 14.5 Å². The van der Waals surface area contributed by atoms with Gasteiger partial charge in [-0.2, -0.15) is 0 Å². The average molecular weight is 414 g/mol. The first-order valence-corrected chi connectivity index (χ1v) is 8.95. The molecule has 0 N–H and O–H groups in total. The third-order valence-electron chi connectivity index (χ3n) is 4.98. The molecule has 0 atom stereocenters. The Kier molecular flexibility index (Phi) is 5.95. The number of hydrogen-bond donors (Lipinski definition) is 0. The number of anilines is 1. The van der Waals surface area contributed by atoms with Crippen LogP contribution >= 0.6 is 0 Å². The van der Waals surface area contributed by atoms with Crippen LogP contribution < -0.4 is 9.64 Å². The van der Waals surface area contributed by atoms with E-state index in [1.807, 2.05) is 26.0 Å². The Balaban J connectivity index is 1.62.